The van der Waals surface area contributed by atoms with Gasteiger partial charge in [0.2, 0.25) is 17.7 Å². The van der Waals surface area contributed by atoms with E-state index in [0.717, 1.165) is 18.8 Å². The van der Waals surface area contributed by atoms with Gasteiger partial charge in [-0.25, -0.2) is 0 Å². The van der Waals surface area contributed by atoms with Crippen LogP contribution < -0.4 is 5.73 Å². The van der Waals surface area contributed by atoms with Crippen LogP contribution in [0.5, 0.6) is 0 Å². The Morgan fingerprint density at radius 3 is 2.06 bits per heavy atom. The number of primary amides is 1. The van der Waals surface area contributed by atoms with Gasteiger partial charge in [0, 0.05) is 51.0 Å². The second-order valence-electron chi connectivity index (χ2n) is 8.95. The van der Waals surface area contributed by atoms with Crippen molar-refractivity contribution >= 4 is 29.5 Å². The highest BCUT2D eigenvalue weighted by Crippen LogP contribution is 2.19. The van der Waals surface area contributed by atoms with Crippen molar-refractivity contribution in [3.05, 3.63) is 0 Å². The zero-order chi connectivity index (χ0) is 24.4. The van der Waals surface area contributed by atoms with Crippen LogP contribution in [0.4, 0.5) is 0 Å². The topological polar surface area (TPSA) is 107 Å². The summed E-state index contributed by atoms with van der Waals surface area (Å²) in [6.45, 7) is 13.3. The largest absolute Gasteiger partial charge is 0.390 e. The minimum Gasteiger partial charge on any atom is -0.390 e. The summed E-state index contributed by atoms with van der Waals surface area (Å²) in [5.41, 5.74) is 4.37. The van der Waals surface area contributed by atoms with Crippen molar-refractivity contribution < 1.29 is 19.5 Å². The van der Waals surface area contributed by atoms with Gasteiger partial charge < -0.3 is 25.5 Å². The number of nitrogens with zero attached hydrogens (tertiary/aromatic N) is 3. The third-order valence-electron chi connectivity index (χ3n) is 5.38. The van der Waals surface area contributed by atoms with Crippen molar-refractivity contribution in [2.75, 3.05) is 38.7 Å². The molecule has 0 spiro atoms. The average molecular weight is 461 g/mol. The Bertz CT molecular complexity index is 580. The molecule has 3 N–H and O–H groups in total. The van der Waals surface area contributed by atoms with Gasteiger partial charge in [-0.2, -0.15) is 11.8 Å². The number of likely N-dealkylation sites (N-methyl/N-ethyl adjacent to an activating group) is 2. The Kier molecular flexibility index (Phi) is 13.4. The molecule has 0 aliphatic carbocycles. The number of amides is 3. The van der Waals surface area contributed by atoms with Crippen LogP contribution >= 0.6 is 11.8 Å². The molecule has 2 atom stereocenters. The number of nitrogens with two attached hydrogens (primary N) is 1. The number of rotatable bonds is 15. The van der Waals surface area contributed by atoms with Crippen LogP contribution in [0.3, 0.4) is 0 Å². The maximum Gasteiger partial charge on any atom is 0.246 e. The van der Waals surface area contributed by atoms with Gasteiger partial charge in [0.05, 0.1) is 5.60 Å². The summed E-state index contributed by atoms with van der Waals surface area (Å²) in [5.74, 6) is 0.133. The summed E-state index contributed by atoms with van der Waals surface area (Å²) in [7, 11) is 3.15. The molecule has 9 heteroatoms. The van der Waals surface area contributed by atoms with Crippen LogP contribution in [0.25, 0.3) is 0 Å². The molecule has 31 heavy (non-hydrogen) atoms. The molecule has 0 saturated carbocycles. The van der Waals surface area contributed by atoms with Crippen LogP contribution in [0.15, 0.2) is 0 Å². The van der Waals surface area contributed by atoms with E-state index in [2.05, 4.69) is 25.7 Å². The quantitative estimate of drug-likeness (QED) is 0.359. The second-order valence-corrected chi connectivity index (χ2v) is 10.1. The van der Waals surface area contributed by atoms with E-state index >= 15 is 0 Å². The third kappa shape index (κ3) is 10.7. The summed E-state index contributed by atoms with van der Waals surface area (Å²) in [6, 6.07) is -1.21. The molecule has 0 rings (SSSR count). The van der Waals surface area contributed by atoms with Crippen molar-refractivity contribution in [2.45, 2.75) is 84.5 Å². The zero-order valence-electron chi connectivity index (χ0n) is 20.7. The van der Waals surface area contributed by atoms with Crippen LogP contribution in [0, 0.1) is 0 Å². The van der Waals surface area contributed by atoms with Crippen molar-refractivity contribution in [1.29, 1.82) is 0 Å². The predicted molar refractivity (Wildman–Crippen MR) is 128 cm³/mol. The molecule has 0 unspecified atom stereocenters. The minimum absolute atomic E-state index is 0.0247. The van der Waals surface area contributed by atoms with Crippen molar-refractivity contribution in [3.8, 4) is 0 Å². The fourth-order valence-electron chi connectivity index (χ4n) is 3.36. The molecule has 0 aromatic rings. The van der Waals surface area contributed by atoms with E-state index in [0.29, 0.717) is 24.6 Å². The first-order valence-corrected chi connectivity index (χ1v) is 12.3. The number of hydrogen-bond donors (Lipinski definition) is 2. The molecule has 182 valence electrons. The molecule has 0 radical (unpaired) electrons. The lowest BCUT2D eigenvalue weighted by molar-refractivity contribution is -0.147. The van der Waals surface area contributed by atoms with Gasteiger partial charge in [-0.3, -0.25) is 14.4 Å². The van der Waals surface area contributed by atoms with Crippen LogP contribution in [0.1, 0.15) is 60.8 Å². The smallest absolute Gasteiger partial charge is 0.246 e. The van der Waals surface area contributed by atoms with Crippen LogP contribution in [-0.4, -0.2) is 99.9 Å². The molecule has 0 fully saturated rings. The van der Waals surface area contributed by atoms with Crippen LogP contribution in [0.2, 0.25) is 0 Å². The van der Waals surface area contributed by atoms with Crippen molar-refractivity contribution in [2.24, 2.45) is 5.73 Å². The fraction of sp³-hybridized carbons (Fsp3) is 0.864. The van der Waals surface area contributed by atoms with Gasteiger partial charge in [0.15, 0.2) is 0 Å². The normalized spacial score (nSPS) is 13.9. The SMILES string of the molecule is CCCC(=O)N(C)[C@H](CSCCN(CC)C(C)C)C(=O)N(C)[C@@H](CC(C)(C)O)C(N)=O. The Labute approximate surface area is 192 Å². The van der Waals surface area contributed by atoms with Gasteiger partial charge in [-0.15, -0.1) is 0 Å². The minimum atomic E-state index is -1.16. The highest BCUT2D eigenvalue weighted by atomic mass is 32.2. The number of thioether (sulfide) groups is 1. The van der Waals surface area contributed by atoms with Gasteiger partial charge >= 0.3 is 0 Å². The molecule has 0 bridgehead atoms. The highest BCUT2D eigenvalue weighted by Gasteiger charge is 2.36. The molecule has 3 amide bonds. The molecule has 0 aliphatic heterocycles. The summed E-state index contributed by atoms with van der Waals surface area (Å²) in [4.78, 5) is 43.0. The van der Waals surface area contributed by atoms with Gasteiger partial charge in [0.1, 0.15) is 12.1 Å². The standard InChI is InChI=1S/C22H44N4O4S/c1-9-11-19(27)24(7)18(15-31-13-12-26(10-2)16(3)4)21(29)25(8)17(20(23)28)14-22(5,6)30/h16-18,30H,9-15H2,1-8H3,(H2,23,28)/t17-,18+/m0/s1. The van der Waals surface area contributed by atoms with E-state index in [9.17, 15) is 19.5 Å². The Balaban J connectivity index is 5.44. The first-order chi connectivity index (χ1) is 14.3. The number of carbonyl (C=O) groups is 3. The summed E-state index contributed by atoms with van der Waals surface area (Å²) < 4.78 is 0. The first-order valence-electron chi connectivity index (χ1n) is 11.1. The molecule has 0 aromatic carbocycles. The predicted octanol–water partition coefficient (Wildman–Crippen LogP) is 1.55. The van der Waals surface area contributed by atoms with Gasteiger partial charge in [-0.1, -0.05) is 13.8 Å². The Morgan fingerprint density at radius 1 is 1.06 bits per heavy atom. The molecule has 0 aliphatic rings. The highest BCUT2D eigenvalue weighted by molar-refractivity contribution is 7.99. The molecule has 0 heterocycles. The number of aliphatic hydroxyl groups is 1. The fourth-order valence-corrected chi connectivity index (χ4v) is 4.48. The Hall–Kier alpha value is -1.32. The van der Waals surface area contributed by atoms with E-state index in [-0.39, 0.29) is 18.2 Å². The van der Waals surface area contributed by atoms with E-state index in [1.165, 1.54) is 16.8 Å². The van der Waals surface area contributed by atoms with E-state index < -0.39 is 23.6 Å². The van der Waals surface area contributed by atoms with E-state index in [4.69, 9.17) is 5.73 Å². The van der Waals surface area contributed by atoms with Crippen molar-refractivity contribution in [3.63, 3.8) is 0 Å². The van der Waals surface area contributed by atoms with E-state index in [1.807, 2.05) is 6.92 Å². The molecular formula is C22H44N4O4S. The second kappa shape index (κ2) is 14.0. The summed E-state index contributed by atoms with van der Waals surface area (Å²) >= 11 is 1.62. The number of carbonyl (C=O) groups excluding carboxylic acids is 3. The summed E-state index contributed by atoms with van der Waals surface area (Å²) in [5, 5.41) is 10.1. The summed E-state index contributed by atoms with van der Waals surface area (Å²) in [6.07, 6.45) is 1.07. The molecule has 8 nitrogen and oxygen atoms in total. The maximum atomic E-state index is 13.3. The van der Waals surface area contributed by atoms with Crippen molar-refractivity contribution in [1.82, 2.24) is 14.7 Å². The molecular weight excluding hydrogens is 416 g/mol. The average Bonchev–Trinajstić information content (AvgIpc) is 2.66. The number of hydrogen-bond acceptors (Lipinski definition) is 6. The monoisotopic (exact) mass is 460 g/mol. The first kappa shape index (κ1) is 29.7. The lowest BCUT2D eigenvalue weighted by Crippen LogP contribution is -2.56. The lowest BCUT2D eigenvalue weighted by atomic mass is 9.97. The zero-order valence-corrected chi connectivity index (χ0v) is 21.5. The Morgan fingerprint density at radius 2 is 1.65 bits per heavy atom. The molecule has 0 saturated heterocycles. The third-order valence-corrected chi connectivity index (χ3v) is 6.40. The van der Waals surface area contributed by atoms with Gasteiger partial charge in [0.25, 0.3) is 0 Å². The lowest BCUT2D eigenvalue weighted by Gasteiger charge is -2.35. The van der Waals surface area contributed by atoms with Crippen LogP contribution in [-0.2, 0) is 14.4 Å². The van der Waals surface area contributed by atoms with Gasteiger partial charge in [-0.05, 0) is 40.7 Å². The maximum absolute atomic E-state index is 13.3. The molecule has 0 aromatic heterocycles. The van der Waals surface area contributed by atoms with E-state index in [1.54, 1.807) is 32.7 Å².